The van der Waals surface area contributed by atoms with Crippen molar-refractivity contribution in [2.75, 3.05) is 13.6 Å². The molecule has 1 N–H and O–H groups in total. The number of benzene rings is 1. The van der Waals surface area contributed by atoms with Gasteiger partial charge in [-0.1, -0.05) is 35.3 Å². The minimum absolute atomic E-state index is 0.194. The second-order valence-electron chi connectivity index (χ2n) is 3.64. The van der Waals surface area contributed by atoms with Crippen molar-refractivity contribution in [2.45, 2.75) is 19.3 Å². The van der Waals surface area contributed by atoms with E-state index in [0.29, 0.717) is 22.9 Å². The lowest BCUT2D eigenvalue weighted by atomic mass is 10.1. The predicted molar refractivity (Wildman–Crippen MR) is 68.3 cm³/mol. The van der Waals surface area contributed by atoms with E-state index < -0.39 is 0 Å². The van der Waals surface area contributed by atoms with Crippen molar-refractivity contribution in [2.24, 2.45) is 0 Å². The molecular formula is C12H15Cl2NO. The molecule has 0 heterocycles. The zero-order chi connectivity index (χ0) is 12.0. The van der Waals surface area contributed by atoms with Gasteiger partial charge in [-0.3, -0.25) is 4.79 Å². The van der Waals surface area contributed by atoms with Crippen LogP contribution in [0.15, 0.2) is 18.2 Å². The third-order valence-electron chi connectivity index (χ3n) is 2.30. The highest BCUT2D eigenvalue weighted by atomic mass is 35.5. The van der Waals surface area contributed by atoms with Gasteiger partial charge in [-0.2, -0.15) is 0 Å². The first-order valence-corrected chi connectivity index (χ1v) is 6.00. The Morgan fingerprint density at radius 3 is 2.81 bits per heavy atom. The maximum atomic E-state index is 11.6. The van der Waals surface area contributed by atoms with E-state index >= 15 is 0 Å². The Kier molecular flexibility index (Phi) is 5.81. The van der Waals surface area contributed by atoms with E-state index in [2.05, 4.69) is 5.32 Å². The van der Waals surface area contributed by atoms with Crippen LogP contribution in [0.25, 0.3) is 0 Å². The second-order valence-corrected chi connectivity index (χ2v) is 4.42. The molecule has 88 valence electrons. The lowest BCUT2D eigenvalue weighted by molar-refractivity contribution is -0.118. The molecule has 1 aromatic rings. The highest BCUT2D eigenvalue weighted by Gasteiger charge is 2.08. The van der Waals surface area contributed by atoms with Crippen molar-refractivity contribution in [3.63, 3.8) is 0 Å². The normalized spacial score (nSPS) is 10.4. The topological polar surface area (TPSA) is 29.1 Å². The number of nitrogens with one attached hydrogen (secondary N) is 1. The van der Waals surface area contributed by atoms with E-state index in [-0.39, 0.29) is 5.78 Å². The molecule has 1 rings (SSSR count). The summed E-state index contributed by atoms with van der Waals surface area (Å²) in [5, 5.41) is 4.00. The van der Waals surface area contributed by atoms with Crippen molar-refractivity contribution in [1.29, 1.82) is 0 Å². The molecule has 4 heteroatoms. The van der Waals surface area contributed by atoms with E-state index in [0.717, 1.165) is 18.5 Å². The van der Waals surface area contributed by atoms with Gasteiger partial charge in [0.15, 0.2) is 0 Å². The van der Waals surface area contributed by atoms with E-state index in [4.69, 9.17) is 23.2 Å². The zero-order valence-corrected chi connectivity index (χ0v) is 10.7. The zero-order valence-electron chi connectivity index (χ0n) is 9.22. The van der Waals surface area contributed by atoms with Gasteiger partial charge in [0.25, 0.3) is 0 Å². The summed E-state index contributed by atoms with van der Waals surface area (Å²) in [5.74, 6) is 0.194. The minimum Gasteiger partial charge on any atom is -0.320 e. The Bertz CT molecular complexity index is 366. The highest BCUT2D eigenvalue weighted by Crippen LogP contribution is 2.26. The summed E-state index contributed by atoms with van der Waals surface area (Å²) in [6.07, 6.45) is 1.79. The molecule has 0 bridgehead atoms. The molecule has 0 aliphatic heterocycles. The Morgan fingerprint density at radius 2 is 2.12 bits per heavy atom. The number of hydrogen-bond acceptors (Lipinski definition) is 2. The Labute approximate surface area is 106 Å². The summed E-state index contributed by atoms with van der Waals surface area (Å²) in [6, 6.07) is 5.37. The first-order chi connectivity index (χ1) is 7.65. The molecule has 1 aromatic carbocycles. The molecule has 2 nitrogen and oxygen atoms in total. The highest BCUT2D eigenvalue weighted by molar-refractivity contribution is 6.42. The van der Waals surface area contributed by atoms with Crippen molar-refractivity contribution in [3.05, 3.63) is 33.8 Å². The fourth-order valence-electron chi connectivity index (χ4n) is 1.45. The van der Waals surface area contributed by atoms with E-state index in [1.807, 2.05) is 19.2 Å². The molecule has 0 fully saturated rings. The molecule has 0 atom stereocenters. The van der Waals surface area contributed by atoms with Gasteiger partial charge in [0.2, 0.25) is 0 Å². The summed E-state index contributed by atoms with van der Waals surface area (Å²) >= 11 is 11.9. The summed E-state index contributed by atoms with van der Waals surface area (Å²) in [7, 11) is 1.87. The molecule has 0 radical (unpaired) electrons. The Hall–Kier alpha value is -0.570. The number of halogens is 2. The molecule has 16 heavy (non-hydrogen) atoms. The van der Waals surface area contributed by atoms with Crippen LogP contribution in [-0.4, -0.2) is 19.4 Å². The molecule has 0 aliphatic carbocycles. The van der Waals surface area contributed by atoms with Gasteiger partial charge in [-0.25, -0.2) is 0 Å². The number of ketones is 1. The molecule has 0 saturated carbocycles. The maximum Gasteiger partial charge on any atom is 0.137 e. The van der Waals surface area contributed by atoms with Crippen molar-refractivity contribution < 1.29 is 4.79 Å². The van der Waals surface area contributed by atoms with Gasteiger partial charge in [0, 0.05) is 12.8 Å². The molecule has 0 spiro atoms. The number of hydrogen-bond donors (Lipinski definition) is 1. The van der Waals surface area contributed by atoms with Gasteiger partial charge >= 0.3 is 0 Å². The molecule has 0 aromatic heterocycles. The Morgan fingerprint density at radius 1 is 1.38 bits per heavy atom. The van der Waals surface area contributed by atoms with Crippen LogP contribution >= 0.6 is 23.2 Å². The first-order valence-electron chi connectivity index (χ1n) is 5.24. The number of rotatable bonds is 6. The van der Waals surface area contributed by atoms with E-state index in [9.17, 15) is 4.79 Å². The summed E-state index contributed by atoms with van der Waals surface area (Å²) in [5.41, 5.74) is 0.809. The van der Waals surface area contributed by atoms with E-state index in [1.165, 1.54) is 0 Å². The molecular weight excluding hydrogens is 245 g/mol. The van der Waals surface area contributed by atoms with E-state index in [1.54, 1.807) is 6.07 Å². The van der Waals surface area contributed by atoms with Crippen LogP contribution in [0.5, 0.6) is 0 Å². The summed E-state index contributed by atoms with van der Waals surface area (Å²) < 4.78 is 0. The number of carbonyl (C=O) groups is 1. The summed E-state index contributed by atoms with van der Waals surface area (Å²) in [6.45, 7) is 0.856. The third kappa shape index (κ3) is 4.12. The van der Waals surface area contributed by atoms with Crippen molar-refractivity contribution >= 4 is 29.0 Å². The summed E-state index contributed by atoms with van der Waals surface area (Å²) in [4.78, 5) is 11.6. The van der Waals surface area contributed by atoms with Gasteiger partial charge in [0.05, 0.1) is 10.0 Å². The quantitative estimate of drug-likeness (QED) is 0.796. The smallest absolute Gasteiger partial charge is 0.137 e. The third-order valence-corrected chi connectivity index (χ3v) is 3.16. The Balaban J connectivity index is 2.53. The number of carbonyl (C=O) groups excluding carboxylic acids is 1. The van der Waals surface area contributed by atoms with Crippen molar-refractivity contribution in [3.8, 4) is 0 Å². The molecule has 0 aliphatic rings. The number of Topliss-reactive ketones (excluding diaryl/α,β-unsaturated/α-hetero) is 1. The lowest BCUT2D eigenvalue weighted by Gasteiger charge is -2.05. The van der Waals surface area contributed by atoms with Gasteiger partial charge in [0.1, 0.15) is 5.78 Å². The van der Waals surface area contributed by atoms with Crippen LogP contribution in [0.3, 0.4) is 0 Å². The second kappa shape index (κ2) is 6.89. The van der Waals surface area contributed by atoms with Gasteiger partial charge in [-0.05, 0) is 31.6 Å². The van der Waals surface area contributed by atoms with Crippen LogP contribution in [0.4, 0.5) is 0 Å². The first kappa shape index (κ1) is 13.5. The minimum atomic E-state index is 0.194. The van der Waals surface area contributed by atoms with Gasteiger partial charge in [-0.15, -0.1) is 0 Å². The monoisotopic (exact) mass is 259 g/mol. The molecule has 0 unspecified atom stereocenters. The average Bonchev–Trinajstić information content (AvgIpc) is 2.25. The lowest BCUT2D eigenvalue weighted by Crippen LogP contribution is -2.11. The van der Waals surface area contributed by atoms with Crippen LogP contribution in [0.2, 0.25) is 10.0 Å². The predicted octanol–water partition coefficient (Wildman–Crippen LogP) is 3.10. The fourth-order valence-corrected chi connectivity index (χ4v) is 1.84. The van der Waals surface area contributed by atoms with Crippen LogP contribution < -0.4 is 5.32 Å². The standard InChI is InChI=1S/C12H15Cl2NO/c1-15-7-3-5-10(16)8-9-4-2-6-11(13)12(9)14/h2,4,6,15H,3,5,7-8H2,1H3. The van der Waals surface area contributed by atoms with Crippen molar-refractivity contribution in [1.82, 2.24) is 5.32 Å². The van der Waals surface area contributed by atoms with Crippen LogP contribution in [-0.2, 0) is 11.2 Å². The maximum absolute atomic E-state index is 11.6. The van der Waals surface area contributed by atoms with Crippen LogP contribution in [0, 0.1) is 0 Å². The molecule has 0 amide bonds. The molecule has 0 saturated heterocycles. The van der Waals surface area contributed by atoms with Gasteiger partial charge < -0.3 is 5.32 Å². The largest absolute Gasteiger partial charge is 0.320 e. The SMILES string of the molecule is CNCCCC(=O)Cc1cccc(Cl)c1Cl. The van der Waals surface area contributed by atoms with Crippen LogP contribution in [0.1, 0.15) is 18.4 Å². The fraction of sp³-hybridized carbons (Fsp3) is 0.417. The average molecular weight is 260 g/mol.